The Morgan fingerprint density at radius 2 is 1.08 bits per heavy atom. The molecule has 1 fully saturated rings. The van der Waals surface area contributed by atoms with Crippen LogP contribution in [-0.4, -0.2) is 70.8 Å². The topological polar surface area (TPSA) is 114 Å². The molecule has 5 atom stereocenters. The molecule has 0 unspecified atom stereocenters. The number of rotatable bonds is 13. The van der Waals surface area contributed by atoms with Crippen LogP contribution in [0, 0.1) is 0 Å². The van der Waals surface area contributed by atoms with Crippen LogP contribution in [-0.2, 0) is 10.3 Å². The summed E-state index contributed by atoms with van der Waals surface area (Å²) in [5.74, 6) is 0. The zero-order chi connectivity index (χ0) is 26.8. The van der Waals surface area contributed by atoms with E-state index in [9.17, 15) is 20.4 Å². The van der Waals surface area contributed by atoms with Gasteiger partial charge in [0.05, 0.1) is 12.1 Å². The van der Waals surface area contributed by atoms with Crippen molar-refractivity contribution >= 4 is 0 Å². The first-order valence-electron chi connectivity index (χ1n) is 13.5. The summed E-state index contributed by atoms with van der Waals surface area (Å²) in [6.45, 7) is 1.00. The monoisotopic (exact) mass is 520 g/mol. The van der Waals surface area contributed by atoms with E-state index in [0.29, 0.717) is 6.54 Å². The highest BCUT2D eigenvalue weighted by molar-refractivity contribution is 5.49. The zero-order valence-electron chi connectivity index (χ0n) is 21.7. The maximum atomic E-state index is 10.2. The van der Waals surface area contributed by atoms with Crippen LogP contribution < -0.4 is 10.6 Å². The van der Waals surface area contributed by atoms with Gasteiger partial charge in [0, 0.05) is 0 Å². The van der Waals surface area contributed by atoms with Gasteiger partial charge in [0.1, 0.15) is 30.6 Å². The van der Waals surface area contributed by atoms with Gasteiger partial charge >= 0.3 is 0 Å². The summed E-state index contributed by atoms with van der Waals surface area (Å²) in [6, 6.07) is 31.7. The van der Waals surface area contributed by atoms with E-state index in [1.54, 1.807) is 0 Å². The van der Waals surface area contributed by atoms with Gasteiger partial charge in [-0.3, -0.25) is 10.6 Å². The summed E-state index contributed by atoms with van der Waals surface area (Å²) in [5, 5.41) is 46.4. The van der Waals surface area contributed by atoms with E-state index in [4.69, 9.17) is 4.74 Å². The Labute approximate surface area is 225 Å². The smallest absolute Gasteiger partial charge is 0.137 e. The van der Waals surface area contributed by atoms with Crippen LogP contribution in [0.15, 0.2) is 91.0 Å². The summed E-state index contributed by atoms with van der Waals surface area (Å²) >= 11 is 0. The van der Waals surface area contributed by atoms with Crippen molar-refractivity contribution < 1.29 is 25.2 Å². The van der Waals surface area contributed by atoms with Crippen molar-refractivity contribution in [2.45, 2.75) is 61.9 Å². The van der Waals surface area contributed by atoms with Crippen LogP contribution >= 0.6 is 0 Å². The van der Waals surface area contributed by atoms with Crippen molar-refractivity contribution in [3.8, 4) is 0 Å². The van der Waals surface area contributed by atoms with E-state index in [1.807, 2.05) is 18.2 Å². The first-order valence-corrected chi connectivity index (χ1v) is 13.5. The number of aliphatic hydroxyl groups is 4. The fraction of sp³-hybridized carbons (Fsp3) is 0.419. The van der Waals surface area contributed by atoms with Crippen molar-refractivity contribution in [1.29, 1.82) is 0 Å². The maximum absolute atomic E-state index is 10.2. The fourth-order valence-corrected chi connectivity index (χ4v) is 5.26. The predicted molar refractivity (Wildman–Crippen MR) is 147 cm³/mol. The molecule has 3 aromatic carbocycles. The predicted octanol–water partition coefficient (Wildman–Crippen LogP) is 2.52. The molecule has 1 saturated heterocycles. The Morgan fingerprint density at radius 1 is 0.605 bits per heavy atom. The second-order valence-electron chi connectivity index (χ2n) is 9.89. The molecule has 204 valence electrons. The van der Waals surface area contributed by atoms with Gasteiger partial charge in [-0.05, 0) is 42.6 Å². The summed E-state index contributed by atoms with van der Waals surface area (Å²) in [6.07, 6.45) is -1.78. The van der Waals surface area contributed by atoms with Gasteiger partial charge < -0.3 is 25.2 Å². The zero-order valence-corrected chi connectivity index (χ0v) is 21.7. The summed E-state index contributed by atoms with van der Waals surface area (Å²) in [5.41, 5.74) is 3.12. The van der Waals surface area contributed by atoms with Gasteiger partial charge in [-0.2, -0.15) is 0 Å². The standard InChI is InChI=1S/C31H40N2O5/c34-22-26-27(35)28(36)29(37)30(38-26)32-20-12-1-2-13-21-33-31(23-14-6-3-7-15-23,24-16-8-4-9-17-24)25-18-10-5-11-19-25/h3-11,14-19,26-30,32-37H,1-2,12-13,20-22H2/t26-,27-,28+,29+,30+/m1/s1. The third-order valence-electron chi connectivity index (χ3n) is 7.35. The van der Waals surface area contributed by atoms with Crippen LogP contribution in [0.4, 0.5) is 0 Å². The van der Waals surface area contributed by atoms with E-state index in [-0.39, 0.29) is 0 Å². The molecule has 0 bridgehead atoms. The highest BCUT2D eigenvalue weighted by Gasteiger charge is 2.43. The lowest BCUT2D eigenvalue weighted by Gasteiger charge is -2.40. The Bertz CT molecular complexity index is 971. The third-order valence-corrected chi connectivity index (χ3v) is 7.35. The molecule has 1 aliphatic rings. The fourth-order valence-electron chi connectivity index (χ4n) is 5.26. The molecule has 0 spiro atoms. The van der Waals surface area contributed by atoms with Crippen molar-refractivity contribution in [2.75, 3.05) is 19.7 Å². The highest BCUT2D eigenvalue weighted by Crippen LogP contribution is 2.36. The lowest BCUT2D eigenvalue weighted by atomic mass is 9.77. The Kier molecular flexibility index (Phi) is 10.4. The van der Waals surface area contributed by atoms with E-state index in [2.05, 4.69) is 83.4 Å². The second-order valence-corrected chi connectivity index (χ2v) is 9.89. The molecule has 0 saturated carbocycles. The minimum Gasteiger partial charge on any atom is -0.394 e. The van der Waals surface area contributed by atoms with Crippen molar-refractivity contribution in [3.63, 3.8) is 0 Å². The minimum absolute atomic E-state index is 0.424. The molecule has 0 aromatic heterocycles. The number of ether oxygens (including phenoxy) is 1. The molecule has 7 nitrogen and oxygen atoms in total. The lowest BCUT2D eigenvalue weighted by molar-refractivity contribution is -0.236. The van der Waals surface area contributed by atoms with E-state index in [0.717, 1.165) is 32.2 Å². The van der Waals surface area contributed by atoms with Crippen LogP contribution in [0.5, 0.6) is 0 Å². The van der Waals surface area contributed by atoms with Gasteiger partial charge in [0.25, 0.3) is 0 Å². The molecule has 1 heterocycles. The average molecular weight is 521 g/mol. The number of hydrogen-bond acceptors (Lipinski definition) is 7. The SMILES string of the molecule is OC[C@H]1O[C@H](NCCCCCCNC(c2ccccc2)(c2ccccc2)c2ccccc2)[C@@H](O)[C@@H](O)[C@@H]1O. The summed E-state index contributed by atoms with van der Waals surface area (Å²) in [7, 11) is 0. The van der Waals surface area contributed by atoms with E-state index in [1.165, 1.54) is 16.7 Å². The lowest BCUT2D eigenvalue weighted by Crippen LogP contribution is -2.62. The summed E-state index contributed by atoms with van der Waals surface area (Å²) in [4.78, 5) is 0. The quantitative estimate of drug-likeness (QED) is 0.152. The van der Waals surface area contributed by atoms with Crippen LogP contribution in [0.3, 0.4) is 0 Å². The number of hydrogen-bond donors (Lipinski definition) is 6. The van der Waals surface area contributed by atoms with Crippen molar-refractivity contribution in [1.82, 2.24) is 10.6 Å². The molecular formula is C31H40N2O5. The number of benzene rings is 3. The molecule has 7 heteroatoms. The van der Waals surface area contributed by atoms with Gasteiger partial charge in [-0.25, -0.2) is 0 Å². The molecule has 0 aliphatic carbocycles. The summed E-state index contributed by atoms with van der Waals surface area (Å²) < 4.78 is 5.51. The Hall–Kier alpha value is -2.62. The highest BCUT2D eigenvalue weighted by atomic mass is 16.6. The minimum atomic E-state index is -1.36. The molecule has 6 N–H and O–H groups in total. The molecule has 0 amide bonds. The van der Waals surface area contributed by atoms with Crippen LogP contribution in [0.2, 0.25) is 0 Å². The molecule has 1 aliphatic heterocycles. The number of nitrogens with one attached hydrogen (secondary N) is 2. The first kappa shape index (κ1) is 28.4. The van der Waals surface area contributed by atoms with E-state index < -0.39 is 42.8 Å². The van der Waals surface area contributed by atoms with Crippen molar-refractivity contribution in [3.05, 3.63) is 108 Å². The molecular weight excluding hydrogens is 480 g/mol. The Balaban J connectivity index is 1.32. The van der Waals surface area contributed by atoms with Gasteiger partial charge in [0.15, 0.2) is 0 Å². The molecule has 3 aromatic rings. The van der Waals surface area contributed by atoms with Gasteiger partial charge in [0.2, 0.25) is 0 Å². The van der Waals surface area contributed by atoms with Crippen molar-refractivity contribution in [2.24, 2.45) is 0 Å². The largest absolute Gasteiger partial charge is 0.394 e. The van der Waals surface area contributed by atoms with Gasteiger partial charge in [-0.15, -0.1) is 0 Å². The second kappa shape index (κ2) is 14.0. The Morgan fingerprint density at radius 3 is 1.55 bits per heavy atom. The number of aliphatic hydroxyl groups excluding tert-OH is 4. The maximum Gasteiger partial charge on any atom is 0.137 e. The third kappa shape index (κ3) is 6.50. The molecule has 0 radical (unpaired) electrons. The molecule has 4 rings (SSSR count). The van der Waals surface area contributed by atoms with Crippen LogP contribution in [0.1, 0.15) is 42.4 Å². The van der Waals surface area contributed by atoms with Gasteiger partial charge in [-0.1, -0.05) is 104 Å². The van der Waals surface area contributed by atoms with Crippen LogP contribution in [0.25, 0.3) is 0 Å². The average Bonchev–Trinajstić information content (AvgIpc) is 2.98. The number of unbranched alkanes of at least 4 members (excludes halogenated alkanes) is 3. The first-order chi connectivity index (χ1) is 18.6. The van der Waals surface area contributed by atoms with E-state index >= 15 is 0 Å². The normalized spacial score (nSPS) is 23.8. The molecule has 38 heavy (non-hydrogen) atoms.